The van der Waals surface area contributed by atoms with Gasteiger partial charge in [-0.1, -0.05) is 23.4 Å². The predicted molar refractivity (Wildman–Crippen MR) is 78.4 cm³/mol. The van der Waals surface area contributed by atoms with Crippen molar-refractivity contribution in [3.8, 4) is 5.75 Å². The number of aromatic nitrogens is 3. The molecule has 0 saturated carbocycles. The van der Waals surface area contributed by atoms with Gasteiger partial charge in [-0.15, -0.1) is 11.7 Å². The molecule has 1 heterocycles. The Hall–Kier alpha value is -2.14. The molecule has 0 amide bonds. The van der Waals surface area contributed by atoms with Gasteiger partial charge in [0.1, 0.15) is 23.7 Å². The maximum atomic E-state index is 5.90. The van der Waals surface area contributed by atoms with Gasteiger partial charge in [-0.25, -0.2) is 4.68 Å². The minimum atomic E-state index is 0.350. The third kappa shape index (κ3) is 3.05. The lowest BCUT2D eigenvalue weighted by atomic mass is 10.1. The average molecular weight is 272 g/mol. The van der Waals surface area contributed by atoms with E-state index in [-0.39, 0.29) is 0 Å². The minimum absolute atomic E-state index is 0.350. The normalized spacial score (nSPS) is 10.6. The molecule has 0 aliphatic carbocycles. The van der Waals surface area contributed by atoms with Crippen molar-refractivity contribution in [2.75, 3.05) is 0 Å². The van der Waals surface area contributed by atoms with Gasteiger partial charge in [0.2, 0.25) is 0 Å². The maximum Gasteiger partial charge on any atom is 0.132 e. The quantitative estimate of drug-likeness (QED) is 0.818. The van der Waals surface area contributed by atoms with Crippen LogP contribution in [0.5, 0.6) is 5.75 Å². The summed E-state index contributed by atoms with van der Waals surface area (Å²) >= 11 is 0. The fraction of sp³-hybridized carbons (Fsp3) is 0.333. The third-order valence-electron chi connectivity index (χ3n) is 3.12. The molecule has 5 nitrogen and oxygen atoms in total. The standard InChI is InChI=1S/C15H20N4O/c1-4-7-19-14(13(9-16)17-18-19)10-20-15-8-11(2)5-6-12(15)3/h4-6,8H,1,7,9-10,16H2,2-3H3. The zero-order valence-electron chi connectivity index (χ0n) is 12.0. The SMILES string of the molecule is C=CCn1nnc(CN)c1COc1cc(C)ccc1C. The van der Waals surface area contributed by atoms with Crippen LogP contribution in [0.1, 0.15) is 22.5 Å². The van der Waals surface area contributed by atoms with E-state index in [1.54, 1.807) is 10.8 Å². The van der Waals surface area contributed by atoms with Crippen molar-refractivity contribution in [3.05, 3.63) is 53.4 Å². The van der Waals surface area contributed by atoms with Gasteiger partial charge in [0.05, 0.1) is 6.54 Å². The van der Waals surface area contributed by atoms with Gasteiger partial charge in [0.15, 0.2) is 0 Å². The smallest absolute Gasteiger partial charge is 0.132 e. The highest BCUT2D eigenvalue weighted by Gasteiger charge is 2.12. The van der Waals surface area contributed by atoms with Crippen LogP contribution in [-0.4, -0.2) is 15.0 Å². The summed E-state index contributed by atoms with van der Waals surface area (Å²) in [6, 6.07) is 6.14. The van der Waals surface area contributed by atoms with Crippen LogP contribution in [0.2, 0.25) is 0 Å². The van der Waals surface area contributed by atoms with Gasteiger partial charge in [-0.2, -0.15) is 0 Å². The Morgan fingerprint density at radius 3 is 2.90 bits per heavy atom. The Bertz CT molecular complexity index is 604. The predicted octanol–water partition coefficient (Wildman–Crippen LogP) is 2.12. The van der Waals surface area contributed by atoms with Crippen LogP contribution in [0, 0.1) is 13.8 Å². The molecule has 0 aliphatic rings. The monoisotopic (exact) mass is 272 g/mol. The van der Waals surface area contributed by atoms with Gasteiger partial charge in [0, 0.05) is 6.54 Å². The summed E-state index contributed by atoms with van der Waals surface area (Å²) in [5.41, 5.74) is 9.62. The van der Waals surface area contributed by atoms with Crippen molar-refractivity contribution in [3.63, 3.8) is 0 Å². The van der Waals surface area contributed by atoms with E-state index >= 15 is 0 Å². The molecule has 106 valence electrons. The lowest BCUT2D eigenvalue weighted by Crippen LogP contribution is -2.10. The highest BCUT2D eigenvalue weighted by atomic mass is 16.5. The molecular weight excluding hydrogens is 252 g/mol. The molecule has 2 rings (SSSR count). The first-order valence-electron chi connectivity index (χ1n) is 6.58. The van der Waals surface area contributed by atoms with E-state index in [1.807, 2.05) is 26.0 Å². The Morgan fingerprint density at radius 2 is 2.20 bits per heavy atom. The molecule has 1 aromatic carbocycles. The lowest BCUT2D eigenvalue weighted by molar-refractivity contribution is 0.290. The number of hydrogen-bond donors (Lipinski definition) is 1. The molecule has 0 saturated heterocycles. The summed E-state index contributed by atoms with van der Waals surface area (Å²) < 4.78 is 7.67. The van der Waals surface area contributed by atoms with Crippen molar-refractivity contribution < 1.29 is 4.74 Å². The highest BCUT2D eigenvalue weighted by molar-refractivity contribution is 5.36. The highest BCUT2D eigenvalue weighted by Crippen LogP contribution is 2.20. The zero-order chi connectivity index (χ0) is 14.5. The number of nitrogens with two attached hydrogens (primary N) is 1. The van der Waals surface area contributed by atoms with Gasteiger partial charge < -0.3 is 10.5 Å². The van der Waals surface area contributed by atoms with Crippen molar-refractivity contribution >= 4 is 0 Å². The van der Waals surface area contributed by atoms with E-state index in [0.29, 0.717) is 19.7 Å². The van der Waals surface area contributed by atoms with Crippen molar-refractivity contribution in [2.24, 2.45) is 5.73 Å². The summed E-state index contributed by atoms with van der Waals surface area (Å²) in [4.78, 5) is 0. The summed E-state index contributed by atoms with van der Waals surface area (Å²) in [6.07, 6.45) is 1.77. The number of benzene rings is 1. The number of ether oxygens (including phenoxy) is 1. The third-order valence-corrected chi connectivity index (χ3v) is 3.12. The summed E-state index contributed by atoms with van der Waals surface area (Å²) in [5.74, 6) is 0.874. The Balaban J connectivity index is 2.19. The number of rotatable bonds is 6. The van der Waals surface area contributed by atoms with Gasteiger partial charge in [-0.05, 0) is 31.0 Å². The van der Waals surface area contributed by atoms with E-state index in [9.17, 15) is 0 Å². The molecular formula is C15H20N4O. The van der Waals surface area contributed by atoms with E-state index in [0.717, 1.165) is 22.7 Å². The summed E-state index contributed by atoms with van der Waals surface area (Å²) in [7, 11) is 0. The topological polar surface area (TPSA) is 66.0 Å². The molecule has 0 atom stereocenters. The Labute approximate surface area is 119 Å². The molecule has 0 bridgehead atoms. The van der Waals surface area contributed by atoms with Crippen LogP contribution in [-0.2, 0) is 19.7 Å². The second-order valence-corrected chi connectivity index (χ2v) is 4.72. The fourth-order valence-electron chi connectivity index (χ4n) is 1.96. The minimum Gasteiger partial charge on any atom is -0.487 e. The first-order chi connectivity index (χ1) is 9.65. The molecule has 0 unspecified atom stereocenters. The molecule has 2 aromatic rings. The number of hydrogen-bond acceptors (Lipinski definition) is 4. The summed E-state index contributed by atoms with van der Waals surface area (Å²) in [6.45, 7) is 9.13. The summed E-state index contributed by atoms with van der Waals surface area (Å²) in [5, 5.41) is 8.13. The second kappa shape index (κ2) is 6.34. The molecule has 2 N–H and O–H groups in total. The van der Waals surface area contributed by atoms with Crippen LogP contribution < -0.4 is 10.5 Å². The van der Waals surface area contributed by atoms with Crippen LogP contribution in [0.3, 0.4) is 0 Å². The van der Waals surface area contributed by atoms with Gasteiger partial charge in [-0.3, -0.25) is 0 Å². The first-order valence-corrected chi connectivity index (χ1v) is 6.58. The fourth-order valence-corrected chi connectivity index (χ4v) is 1.96. The lowest BCUT2D eigenvalue weighted by Gasteiger charge is -2.11. The first kappa shape index (κ1) is 14.3. The Morgan fingerprint density at radius 1 is 1.40 bits per heavy atom. The second-order valence-electron chi connectivity index (χ2n) is 4.72. The molecule has 5 heteroatoms. The van der Waals surface area contributed by atoms with Gasteiger partial charge >= 0.3 is 0 Å². The number of nitrogens with zero attached hydrogens (tertiary/aromatic N) is 3. The molecule has 0 aliphatic heterocycles. The van der Waals surface area contributed by atoms with Gasteiger partial charge in [0.25, 0.3) is 0 Å². The van der Waals surface area contributed by atoms with E-state index in [2.05, 4.69) is 23.0 Å². The zero-order valence-corrected chi connectivity index (χ0v) is 12.0. The molecule has 0 fully saturated rings. The van der Waals surface area contributed by atoms with E-state index in [1.165, 1.54) is 5.56 Å². The van der Waals surface area contributed by atoms with Crippen LogP contribution in [0.4, 0.5) is 0 Å². The van der Waals surface area contributed by atoms with E-state index in [4.69, 9.17) is 10.5 Å². The van der Waals surface area contributed by atoms with Crippen LogP contribution in [0.15, 0.2) is 30.9 Å². The van der Waals surface area contributed by atoms with Crippen molar-refractivity contribution in [1.29, 1.82) is 0 Å². The van der Waals surface area contributed by atoms with Crippen molar-refractivity contribution in [2.45, 2.75) is 33.5 Å². The maximum absolute atomic E-state index is 5.90. The number of allylic oxidation sites excluding steroid dienone is 1. The molecule has 20 heavy (non-hydrogen) atoms. The molecule has 1 aromatic heterocycles. The van der Waals surface area contributed by atoms with E-state index < -0.39 is 0 Å². The molecule has 0 radical (unpaired) electrons. The average Bonchev–Trinajstić information content (AvgIpc) is 2.82. The molecule has 0 spiro atoms. The largest absolute Gasteiger partial charge is 0.487 e. The van der Waals surface area contributed by atoms with Crippen LogP contribution in [0.25, 0.3) is 0 Å². The van der Waals surface area contributed by atoms with Crippen molar-refractivity contribution in [1.82, 2.24) is 15.0 Å². The number of aryl methyl sites for hydroxylation is 2. The van der Waals surface area contributed by atoms with Crippen LogP contribution >= 0.6 is 0 Å². The Kier molecular flexibility index (Phi) is 4.53.